The predicted octanol–water partition coefficient (Wildman–Crippen LogP) is 3.27. The third-order valence-electron chi connectivity index (χ3n) is 3.08. The van der Waals surface area contributed by atoms with Gasteiger partial charge in [-0.05, 0) is 18.2 Å². The third-order valence-corrected chi connectivity index (χ3v) is 4.82. The molecule has 2 rings (SSSR count). The van der Waals surface area contributed by atoms with E-state index in [9.17, 15) is 26.4 Å². The van der Waals surface area contributed by atoms with Crippen molar-refractivity contribution in [1.82, 2.24) is 0 Å². The first-order chi connectivity index (χ1) is 10.4. The van der Waals surface area contributed by atoms with Crippen LogP contribution in [0.4, 0.5) is 18.9 Å². The molecule has 1 aliphatic rings. The molecule has 0 spiro atoms. The quantitative estimate of drug-likeness (QED) is 0.680. The van der Waals surface area contributed by atoms with E-state index in [1.807, 2.05) is 0 Å². The van der Waals surface area contributed by atoms with E-state index in [0.29, 0.717) is 4.47 Å². The molecule has 1 heterocycles. The van der Waals surface area contributed by atoms with E-state index in [1.54, 1.807) is 0 Å². The maximum atomic E-state index is 12.5. The van der Waals surface area contributed by atoms with Gasteiger partial charge in [0.15, 0.2) is 5.75 Å². The van der Waals surface area contributed by atoms with Crippen LogP contribution in [0.5, 0.6) is 5.75 Å². The fourth-order valence-corrected chi connectivity index (χ4v) is 3.99. The molecule has 1 fully saturated rings. The first kappa shape index (κ1) is 18.3. The third kappa shape index (κ3) is 5.25. The predicted molar refractivity (Wildman–Crippen MR) is 80.9 cm³/mol. The standard InChI is InChI=1S/C12H10BrClF3NO4S/c13-8-1-2-9(10(4-8)22-12(15,16)17)18-5-7(3-11(18)19)6-23(14,20)21/h1-2,4,7H,3,5-6H2. The average molecular weight is 437 g/mol. The molecular formula is C12H10BrClF3NO4S. The molecule has 1 saturated heterocycles. The Morgan fingerprint density at radius 2 is 2.04 bits per heavy atom. The number of hydrogen-bond acceptors (Lipinski definition) is 4. The summed E-state index contributed by atoms with van der Waals surface area (Å²) in [5.41, 5.74) is -0.0787. The second kappa shape index (κ2) is 6.48. The zero-order chi connectivity index (χ0) is 17.4. The first-order valence-corrected chi connectivity index (χ1v) is 9.50. The number of amides is 1. The van der Waals surface area contributed by atoms with Crippen LogP contribution in [0.2, 0.25) is 0 Å². The maximum Gasteiger partial charge on any atom is 0.573 e. The highest BCUT2D eigenvalue weighted by molar-refractivity contribution is 9.10. The monoisotopic (exact) mass is 435 g/mol. The van der Waals surface area contributed by atoms with Crippen LogP contribution >= 0.6 is 26.6 Å². The SMILES string of the molecule is O=C1CC(CS(=O)(=O)Cl)CN1c1ccc(Br)cc1OC(F)(F)F. The molecule has 1 unspecified atom stereocenters. The minimum atomic E-state index is -4.92. The molecule has 1 aliphatic heterocycles. The van der Waals surface area contributed by atoms with Gasteiger partial charge < -0.3 is 9.64 Å². The summed E-state index contributed by atoms with van der Waals surface area (Å²) in [6, 6.07) is 3.83. The van der Waals surface area contributed by atoms with Crippen LogP contribution in [0.3, 0.4) is 0 Å². The molecule has 0 aliphatic carbocycles. The van der Waals surface area contributed by atoms with Gasteiger partial charge in [-0.15, -0.1) is 13.2 Å². The summed E-state index contributed by atoms with van der Waals surface area (Å²) < 4.78 is 64.0. The molecule has 5 nitrogen and oxygen atoms in total. The van der Waals surface area contributed by atoms with Crippen LogP contribution in [0.1, 0.15) is 6.42 Å². The number of anilines is 1. The van der Waals surface area contributed by atoms with Crippen molar-refractivity contribution in [3.8, 4) is 5.75 Å². The minimum absolute atomic E-state index is 0.0549. The molecule has 23 heavy (non-hydrogen) atoms. The highest BCUT2D eigenvalue weighted by Crippen LogP contribution is 2.38. The molecule has 1 aromatic rings. The zero-order valence-corrected chi connectivity index (χ0v) is 14.5. The maximum absolute atomic E-state index is 12.5. The Morgan fingerprint density at radius 1 is 1.39 bits per heavy atom. The summed E-state index contributed by atoms with van der Waals surface area (Å²) in [5.74, 6) is -2.06. The van der Waals surface area contributed by atoms with E-state index < -0.39 is 38.7 Å². The Balaban J connectivity index is 2.29. The van der Waals surface area contributed by atoms with Gasteiger partial charge >= 0.3 is 6.36 Å². The van der Waals surface area contributed by atoms with Crippen molar-refractivity contribution in [3.63, 3.8) is 0 Å². The molecule has 0 saturated carbocycles. The average Bonchev–Trinajstić information content (AvgIpc) is 2.65. The summed E-state index contributed by atoms with van der Waals surface area (Å²) >= 11 is 3.03. The highest BCUT2D eigenvalue weighted by Gasteiger charge is 2.37. The number of alkyl halides is 3. The van der Waals surface area contributed by atoms with Crippen LogP contribution in [0.15, 0.2) is 22.7 Å². The van der Waals surface area contributed by atoms with Gasteiger partial charge in [-0.2, -0.15) is 0 Å². The van der Waals surface area contributed by atoms with E-state index in [1.165, 1.54) is 12.1 Å². The van der Waals surface area contributed by atoms with Crippen LogP contribution in [0.25, 0.3) is 0 Å². The lowest BCUT2D eigenvalue weighted by atomic mass is 10.1. The lowest BCUT2D eigenvalue weighted by molar-refractivity contribution is -0.274. The van der Waals surface area contributed by atoms with Crippen molar-refractivity contribution in [1.29, 1.82) is 0 Å². The number of halogens is 5. The van der Waals surface area contributed by atoms with Gasteiger partial charge in [-0.3, -0.25) is 4.79 Å². The number of benzene rings is 1. The Hall–Kier alpha value is -1.00. The molecule has 0 aromatic heterocycles. The smallest absolute Gasteiger partial charge is 0.404 e. The molecule has 11 heteroatoms. The number of nitrogens with zero attached hydrogens (tertiary/aromatic N) is 1. The van der Waals surface area contributed by atoms with Gasteiger partial charge in [0.25, 0.3) is 0 Å². The molecule has 1 aromatic carbocycles. The lowest BCUT2D eigenvalue weighted by Crippen LogP contribution is -2.27. The Morgan fingerprint density at radius 3 is 2.61 bits per heavy atom. The van der Waals surface area contributed by atoms with Gasteiger partial charge in [-0.1, -0.05) is 15.9 Å². The number of hydrogen-bond donors (Lipinski definition) is 0. The lowest BCUT2D eigenvalue weighted by Gasteiger charge is -2.21. The number of carbonyl (C=O) groups is 1. The van der Waals surface area contributed by atoms with Gasteiger partial charge in [-0.25, -0.2) is 8.42 Å². The second-order valence-electron chi connectivity index (χ2n) is 4.94. The van der Waals surface area contributed by atoms with Crippen LogP contribution in [-0.4, -0.2) is 33.0 Å². The Labute approximate surface area is 142 Å². The number of carbonyl (C=O) groups excluding carboxylic acids is 1. The van der Waals surface area contributed by atoms with E-state index in [-0.39, 0.29) is 18.7 Å². The highest BCUT2D eigenvalue weighted by atomic mass is 79.9. The van der Waals surface area contributed by atoms with Crippen molar-refractivity contribution in [2.24, 2.45) is 5.92 Å². The second-order valence-corrected chi connectivity index (χ2v) is 8.68. The molecule has 0 N–H and O–H groups in total. The Bertz CT molecular complexity index is 726. The van der Waals surface area contributed by atoms with Crippen molar-refractivity contribution in [2.45, 2.75) is 12.8 Å². The fraction of sp³-hybridized carbons (Fsp3) is 0.417. The van der Waals surface area contributed by atoms with E-state index in [2.05, 4.69) is 20.7 Å². The van der Waals surface area contributed by atoms with Gasteiger partial charge in [0.2, 0.25) is 15.0 Å². The Kier molecular flexibility index (Phi) is 5.17. The van der Waals surface area contributed by atoms with E-state index in [4.69, 9.17) is 10.7 Å². The van der Waals surface area contributed by atoms with Crippen molar-refractivity contribution >= 4 is 47.3 Å². The molecular weight excluding hydrogens is 427 g/mol. The summed E-state index contributed by atoms with van der Waals surface area (Å²) in [5, 5.41) is 0. The van der Waals surface area contributed by atoms with Gasteiger partial charge in [0.1, 0.15) is 0 Å². The minimum Gasteiger partial charge on any atom is -0.404 e. The van der Waals surface area contributed by atoms with E-state index in [0.717, 1.165) is 11.0 Å². The van der Waals surface area contributed by atoms with Gasteiger partial charge in [0, 0.05) is 34.0 Å². The summed E-state index contributed by atoms with van der Waals surface area (Å²) in [6.45, 7) is -0.0549. The first-order valence-electron chi connectivity index (χ1n) is 6.22. The summed E-state index contributed by atoms with van der Waals surface area (Å²) in [6.07, 6.45) is -5.04. The van der Waals surface area contributed by atoms with E-state index >= 15 is 0 Å². The topological polar surface area (TPSA) is 63.7 Å². The van der Waals surface area contributed by atoms with Crippen LogP contribution < -0.4 is 9.64 Å². The van der Waals surface area contributed by atoms with Crippen LogP contribution in [0, 0.1) is 5.92 Å². The number of rotatable bonds is 4. The summed E-state index contributed by atoms with van der Waals surface area (Å²) in [7, 11) is 1.35. The molecule has 0 bridgehead atoms. The van der Waals surface area contributed by atoms with Crippen LogP contribution in [-0.2, 0) is 13.8 Å². The zero-order valence-electron chi connectivity index (χ0n) is 11.3. The summed E-state index contributed by atoms with van der Waals surface area (Å²) in [4.78, 5) is 13.1. The van der Waals surface area contributed by atoms with Crippen molar-refractivity contribution in [3.05, 3.63) is 22.7 Å². The molecule has 128 valence electrons. The molecule has 0 radical (unpaired) electrons. The molecule has 1 atom stereocenters. The molecule has 1 amide bonds. The van der Waals surface area contributed by atoms with Crippen molar-refractivity contribution < 1.29 is 31.1 Å². The van der Waals surface area contributed by atoms with Gasteiger partial charge in [0.05, 0.1) is 11.4 Å². The fourth-order valence-electron chi connectivity index (χ4n) is 2.32. The number of ether oxygens (including phenoxy) is 1. The largest absolute Gasteiger partial charge is 0.573 e. The van der Waals surface area contributed by atoms with Crippen molar-refractivity contribution in [2.75, 3.05) is 17.2 Å². The normalized spacial score (nSPS) is 19.3.